The summed E-state index contributed by atoms with van der Waals surface area (Å²) in [5.41, 5.74) is 5.54. The van der Waals surface area contributed by atoms with Crippen LogP contribution in [0.1, 0.15) is 45.5 Å². The van der Waals surface area contributed by atoms with E-state index in [1.165, 1.54) is 11.1 Å². The van der Waals surface area contributed by atoms with Crippen molar-refractivity contribution in [1.82, 2.24) is 10.2 Å². The van der Waals surface area contributed by atoms with Crippen LogP contribution in [0.2, 0.25) is 0 Å². The molecule has 2 aliphatic heterocycles. The molecule has 3 aromatic carbocycles. The molecule has 1 N–H and O–H groups in total. The lowest BCUT2D eigenvalue weighted by molar-refractivity contribution is 0.0577. The molecule has 0 radical (unpaired) electrons. The molecule has 0 unspecified atom stereocenters. The fourth-order valence-corrected chi connectivity index (χ4v) is 5.38. The van der Waals surface area contributed by atoms with Crippen molar-refractivity contribution >= 4 is 5.91 Å². The molecule has 182 valence electrons. The van der Waals surface area contributed by atoms with Crippen LogP contribution in [-0.4, -0.2) is 42.8 Å². The average Bonchev–Trinajstić information content (AvgIpc) is 2.85. The Hall–Kier alpha value is -3.31. The van der Waals surface area contributed by atoms with E-state index < -0.39 is 0 Å². The Morgan fingerprint density at radius 3 is 2.60 bits per heavy atom. The Morgan fingerprint density at radius 2 is 1.80 bits per heavy atom. The molecule has 2 bridgehead atoms. The Bertz CT molecular complexity index is 1160. The second-order valence-corrected chi connectivity index (χ2v) is 9.82. The molecule has 5 rings (SSSR count). The van der Waals surface area contributed by atoms with Gasteiger partial charge in [-0.1, -0.05) is 53.6 Å². The zero-order chi connectivity index (χ0) is 24.2. The molecule has 1 fully saturated rings. The lowest BCUT2D eigenvalue weighted by Gasteiger charge is -2.40. The van der Waals surface area contributed by atoms with Crippen LogP contribution < -0.4 is 14.8 Å². The SMILES string of the molecule is Cc1cc(C)cc(C(=O)N2CC[C@H](NCCc3ccc4cc3OCO4)C[C@H]2Cc2ccccc2)c1. The molecule has 1 saturated heterocycles. The van der Waals surface area contributed by atoms with Gasteiger partial charge in [0.25, 0.3) is 5.91 Å². The summed E-state index contributed by atoms with van der Waals surface area (Å²) in [5.74, 6) is 1.94. The molecule has 5 heteroatoms. The standard InChI is InChI=1S/C30H34N2O3/c1-21-14-22(2)16-25(15-21)30(33)32-13-11-26(18-27(32)17-23-6-4-3-5-7-23)31-12-10-24-8-9-28-19-29(24)35-20-34-28/h3-9,14-16,19,26-27,31H,10-13,17-18,20H2,1-2H3/t26-,27+/m0/s1. The van der Waals surface area contributed by atoms with Crippen LogP contribution in [-0.2, 0) is 12.8 Å². The maximum Gasteiger partial charge on any atom is 0.254 e. The summed E-state index contributed by atoms with van der Waals surface area (Å²) < 4.78 is 11.0. The third kappa shape index (κ3) is 5.68. The highest BCUT2D eigenvalue weighted by Gasteiger charge is 2.32. The number of likely N-dealkylation sites (tertiary alicyclic amines) is 1. The zero-order valence-electron chi connectivity index (χ0n) is 20.6. The average molecular weight is 471 g/mol. The summed E-state index contributed by atoms with van der Waals surface area (Å²) in [6.07, 6.45) is 3.68. The summed E-state index contributed by atoms with van der Waals surface area (Å²) in [6.45, 7) is 6.05. The van der Waals surface area contributed by atoms with Crippen LogP contribution in [0.25, 0.3) is 0 Å². The minimum atomic E-state index is 0.148. The molecular formula is C30H34N2O3. The molecule has 2 atom stereocenters. The van der Waals surface area contributed by atoms with Gasteiger partial charge < -0.3 is 19.7 Å². The molecule has 0 spiro atoms. The molecule has 0 saturated carbocycles. The van der Waals surface area contributed by atoms with Crippen LogP contribution >= 0.6 is 0 Å². The van der Waals surface area contributed by atoms with E-state index in [-0.39, 0.29) is 18.7 Å². The molecule has 3 aromatic rings. The van der Waals surface area contributed by atoms with Gasteiger partial charge in [0, 0.05) is 30.3 Å². The largest absolute Gasteiger partial charge is 0.457 e. The first-order valence-corrected chi connectivity index (χ1v) is 12.6. The van der Waals surface area contributed by atoms with E-state index in [2.05, 4.69) is 60.5 Å². The second kappa shape index (κ2) is 10.5. The number of rotatable bonds is 7. The van der Waals surface area contributed by atoms with Crippen LogP contribution in [0.15, 0.2) is 66.7 Å². The van der Waals surface area contributed by atoms with E-state index in [0.29, 0.717) is 6.04 Å². The van der Waals surface area contributed by atoms with Gasteiger partial charge in [0.2, 0.25) is 6.79 Å². The predicted molar refractivity (Wildman–Crippen MR) is 138 cm³/mol. The summed E-state index contributed by atoms with van der Waals surface area (Å²) >= 11 is 0. The first kappa shape index (κ1) is 23.4. The number of ether oxygens (including phenoxy) is 2. The molecule has 2 aliphatic rings. The van der Waals surface area contributed by atoms with Crippen molar-refractivity contribution in [2.45, 2.75) is 51.6 Å². The predicted octanol–water partition coefficient (Wildman–Crippen LogP) is 5.08. The van der Waals surface area contributed by atoms with Crippen molar-refractivity contribution in [2.75, 3.05) is 19.9 Å². The van der Waals surface area contributed by atoms with Gasteiger partial charge in [0.1, 0.15) is 11.5 Å². The molecule has 2 heterocycles. The van der Waals surface area contributed by atoms with Gasteiger partial charge in [0.15, 0.2) is 0 Å². The number of benzene rings is 3. The van der Waals surface area contributed by atoms with Gasteiger partial charge in [-0.05, 0) is 75.4 Å². The van der Waals surface area contributed by atoms with Gasteiger partial charge >= 0.3 is 0 Å². The zero-order valence-corrected chi connectivity index (χ0v) is 20.6. The number of nitrogens with one attached hydrogen (secondary N) is 1. The number of carbonyl (C=O) groups excluding carboxylic acids is 1. The summed E-state index contributed by atoms with van der Waals surface area (Å²) in [7, 11) is 0. The Labute approximate surface area is 208 Å². The van der Waals surface area contributed by atoms with E-state index in [1.54, 1.807) is 0 Å². The molecule has 0 aliphatic carbocycles. The van der Waals surface area contributed by atoms with Crippen LogP contribution in [0.5, 0.6) is 11.5 Å². The van der Waals surface area contributed by atoms with Gasteiger partial charge in [-0.3, -0.25) is 4.79 Å². The second-order valence-electron chi connectivity index (χ2n) is 9.82. The van der Waals surface area contributed by atoms with Gasteiger partial charge in [0.05, 0.1) is 0 Å². The number of aryl methyl sites for hydroxylation is 2. The fourth-order valence-electron chi connectivity index (χ4n) is 5.38. The number of hydrogen-bond donors (Lipinski definition) is 1. The fraction of sp³-hybridized carbons (Fsp3) is 0.367. The minimum Gasteiger partial charge on any atom is -0.457 e. The Morgan fingerprint density at radius 1 is 1.00 bits per heavy atom. The number of fused-ring (bicyclic) bond motifs is 2. The maximum absolute atomic E-state index is 13.6. The molecule has 0 aromatic heterocycles. The maximum atomic E-state index is 13.6. The molecule has 35 heavy (non-hydrogen) atoms. The molecule has 5 nitrogen and oxygen atoms in total. The van der Waals surface area contributed by atoms with Crippen molar-refractivity contribution in [3.63, 3.8) is 0 Å². The molecule has 1 amide bonds. The summed E-state index contributed by atoms with van der Waals surface area (Å²) in [5, 5.41) is 3.76. The Kier molecular flexibility index (Phi) is 7.05. The Balaban J connectivity index is 1.26. The van der Waals surface area contributed by atoms with E-state index in [4.69, 9.17) is 9.47 Å². The van der Waals surface area contributed by atoms with Gasteiger partial charge in [-0.2, -0.15) is 0 Å². The number of hydrogen-bond acceptors (Lipinski definition) is 4. The molecular weight excluding hydrogens is 436 g/mol. The quantitative estimate of drug-likeness (QED) is 0.523. The van der Waals surface area contributed by atoms with Crippen molar-refractivity contribution < 1.29 is 14.3 Å². The monoisotopic (exact) mass is 470 g/mol. The third-order valence-corrected chi connectivity index (χ3v) is 7.07. The van der Waals surface area contributed by atoms with Crippen molar-refractivity contribution in [2.24, 2.45) is 0 Å². The number of amides is 1. The highest BCUT2D eigenvalue weighted by Crippen LogP contribution is 2.29. The number of carbonyl (C=O) groups is 1. The van der Waals surface area contributed by atoms with Gasteiger partial charge in [-0.15, -0.1) is 0 Å². The highest BCUT2D eigenvalue weighted by atomic mass is 16.7. The normalized spacial score (nSPS) is 19.1. The van der Waals surface area contributed by atoms with E-state index in [0.717, 1.165) is 67.0 Å². The van der Waals surface area contributed by atoms with Crippen molar-refractivity contribution in [1.29, 1.82) is 0 Å². The van der Waals surface area contributed by atoms with E-state index in [9.17, 15) is 4.79 Å². The smallest absolute Gasteiger partial charge is 0.254 e. The lowest BCUT2D eigenvalue weighted by Crippen LogP contribution is -2.52. The highest BCUT2D eigenvalue weighted by molar-refractivity contribution is 5.95. The van der Waals surface area contributed by atoms with Crippen LogP contribution in [0.4, 0.5) is 0 Å². The lowest BCUT2D eigenvalue weighted by atomic mass is 9.91. The van der Waals surface area contributed by atoms with Crippen molar-refractivity contribution in [3.8, 4) is 11.5 Å². The number of piperidine rings is 1. The topological polar surface area (TPSA) is 50.8 Å². The minimum absolute atomic E-state index is 0.148. The van der Waals surface area contributed by atoms with Crippen LogP contribution in [0, 0.1) is 13.8 Å². The van der Waals surface area contributed by atoms with Crippen molar-refractivity contribution in [3.05, 3.63) is 94.5 Å². The first-order valence-electron chi connectivity index (χ1n) is 12.6. The summed E-state index contributed by atoms with van der Waals surface area (Å²) in [6, 6.07) is 23.3. The van der Waals surface area contributed by atoms with Gasteiger partial charge in [-0.25, -0.2) is 0 Å². The summed E-state index contributed by atoms with van der Waals surface area (Å²) in [4.78, 5) is 15.7. The van der Waals surface area contributed by atoms with E-state index in [1.807, 2.05) is 30.3 Å². The first-order chi connectivity index (χ1) is 17.0. The third-order valence-electron chi connectivity index (χ3n) is 7.07. The van der Waals surface area contributed by atoms with E-state index >= 15 is 0 Å². The van der Waals surface area contributed by atoms with Crippen LogP contribution in [0.3, 0.4) is 0 Å². The number of nitrogens with zero attached hydrogens (tertiary/aromatic N) is 1.